The lowest BCUT2D eigenvalue weighted by molar-refractivity contribution is -0.139. The lowest BCUT2D eigenvalue weighted by Gasteiger charge is -2.26. The van der Waals surface area contributed by atoms with Crippen molar-refractivity contribution in [2.24, 2.45) is 4.99 Å². The molecule has 0 spiro atoms. The third-order valence-corrected chi connectivity index (χ3v) is 10.6. The molecule has 1 atom stereocenters. The summed E-state index contributed by atoms with van der Waals surface area (Å²) in [4.78, 5) is 32.8. The normalized spacial score (nSPS) is 14.3. The van der Waals surface area contributed by atoms with Crippen LogP contribution >= 0.6 is 49.9 Å². The zero-order chi connectivity index (χ0) is 34.8. The number of thiazole rings is 1. The molecule has 1 aromatic heterocycles. The van der Waals surface area contributed by atoms with Crippen molar-refractivity contribution in [1.29, 1.82) is 0 Å². The Morgan fingerprint density at radius 3 is 2.45 bits per heavy atom. The number of aromatic nitrogens is 1. The van der Waals surface area contributed by atoms with E-state index in [-0.39, 0.29) is 17.7 Å². The number of nitrogens with zero attached hydrogens (tertiary/aromatic N) is 2. The van der Waals surface area contributed by atoms with Crippen LogP contribution in [0.25, 0.3) is 16.8 Å². The van der Waals surface area contributed by atoms with Crippen LogP contribution in [-0.2, 0) is 16.1 Å². The van der Waals surface area contributed by atoms with E-state index >= 15 is 0 Å². The predicted octanol–water partition coefficient (Wildman–Crippen LogP) is 6.92. The van der Waals surface area contributed by atoms with Gasteiger partial charge in [0.25, 0.3) is 5.56 Å². The molecule has 4 aromatic carbocycles. The second-order valence-electron chi connectivity index (χ2n) is 11.0. The van der Waals surface area contributed by atoms with Crippen LogP contribution in [-0.4, -0.2) is 38.5 Å². The summed E-state index contributed by atoms with van der Waals surface area (Å²) in [6.45, 7) is 4.01. The van der Waals surface area contributed by atoms with Gasteiger partial charge in [-0.3, -0.25) is 9.36 Å². The number of esters is 1. The number of methoxy groups -OCH3 is 3. The number of benzene rings is 4. The molecule has 252 valence electrons. The van der Waals surface area contributed by atoms with Crippen molar-refractivity contribution in [1.82, 2.24) is 4.57 Å². The first kappa shape index (κ1) is 34.7. The van der Waals surface area contributed by atoms with Crippen molar-refractivity contribution < 1.29 is 28.5 Å². The van der Waals surface area contributed by atoms with Crippen LogP contribution in [0.4, 0.5) is 0 Å². The van der Waals surface area contributed by atoms with Gasteiger partial charge in [-0.2, -0.15) is 0 Å². The van der Waals surface area contributed by atoms with E-state index in [0.29, 0.717) is 54.7 Å². The van der Waals surface area contributed by atoms with Crippen LogP contribution in [0, 0.1) is 3.57 Å². The van der Waals surface area contributed by atoms with Crippen LogP contribution in [0.15, 0.2) is 92.3 Å². The van der Waals surface area contributed by atoms with Gasteiger partial charge in [0.2, 0.25) is 0 Å². The van der Waals surface area contributed by atoms with Crippen LogP contribution < -0.4 is 33.8 Å². The van der Waals surface area contributed by atoms with E-state index in [9.17, 15) is 9.59 Å². The van der Waals surface area contributed by atoms with Gasteiger partial charge >= 0.3 is 5.97 Å². The van der Waals surface area contributed by atoms with Crippen molar-refractivity contribution in [3.8, 4) is 23.0 Å². The quantitative estimate of drug-likeness (QED) is 0.111. The summed E-state index contributed by atoms with van der Waals surface area (Å²) < 4.78 is 32.0. The van der Waals surface area contributed by atoms with Crippen LogP contribution in [0.2, 0.25) is 0 Å². The van der Waals surface area contributed by atoms with E-state index in [1.165, 1.54) is 23.0 Å². The number of ether oxygens (including phenoxy) is 5. The molecular weight excluding hydrogens is 823 g/mol. The minimum Gasteiger partial charge on any atom is -0.493 e. The van der Waals surface area contributed by atoms with Gasteiger partial charge in [0, 0.05) is 4.47 Å². The molecule has 6 rings (SSSR count). The summed E-state index contributed by atoms with van der Waals surface area (Å²) in [6, 6.07) is 20.8. The number of rotatable bonds is 10. The third-order valence-electron chi connectivity index (χ3n) is 8.12. The maximum atomic E-state index is 14.3. The fourth-order valence-corrected chi connectivity index (χ4v) is 8.21. The summed E-state index contributed by atoms with van der Waals surface area (Å²) in [7, 11) is 4.67. The fraction of sp³-hybridized carbons (Fsp3) is 0.216. The zero-order valence-corrected chi connectivity index (χ0v) is 31.9. The molecule has 0 bridgehead atoms. The molecule has 2 heterocycles. The Labute approximate surface area is 308 Å². The van der Waals surface area contributed by atoms with Gasteiger partial charge in [-0.05, 0) is 94.2 Å². The second-order valence-corrected chi connectivity index (χ2v) is 14.0. The van der Waals surface area contributed by atoms with Crippen molar-refractivity contribution >= 4 is 72.7 Å². The molecule has 1 aliphatic rings. The van der Waals surface area contributed by atoms with Crippen molar-refractivity contribution in [2.45, 2.75) is 26.5 Å². The van der Waals surface area contributed by atoms with Crippen LogP contribution in [0.3, 0.4) is 0 Å². The first-order chi connectivity index (χ1) is 23.7. The van der Waals surface area contributed by atoms with E-state index in [0.717, 1.165) is 25.5 Å². The highest BCUT2D eigenvalue weighted by atomic mass is 127. The van der Waals surface area contributed by atoms with Crippen molar-refractivity contribution in [3.63, 3.8) is 0 Å². The monoisotopic (exact) mass is 854 g/mol. The first-order valence-electron chi connectivity index (χ1n) is 15.3. The van der Waals surface area contributed by atoms with E-state index in [2.05, 4.69) is 62.8 Å². The Kier molecular flexibility index (Phi) is 10.5. The number of carbonyl (C=O) groups excluding carboxylic acids is 1. The molecule has 0 fully saturated rings. The maximum absolute atomic E-state index is 14.3. The summed E-state index contributed by atoms with van der Waals surface area (Å²) in [5.74, 6) is 1.55. The maximum Gasteiger partial charge on any atom is 0.338 e. The van der Waals surface area contributed by atoms with E-state index in [4.69, 9.17) is 28.7 Å². The zero-order valence-electron chi connectivity index (χ0n) is 27.3. The number of hydrogen-bond donors (Lipinski definition) is 0. The molecule has 0 radical (unpaired) electrons. The van der Waals surface area contributed by atoms with Gasteiger partial charge in [-0.1, -0.05) is 69.7 Å². The standard InChI is InChI=1S/C37H32BrIN2O7S/c1-6-47-36(43)32-20(2)40-37-41(33(32)25-17-28(44-3)29(45-4)18-26(25)38)35(42)31(49-37)16-21-14-27(39)34(30(15-21)46-5)48-19-23-12-9-11-22-10-7-8-13-24(22)23/h7-18,33H,6,19H2,1-5H3/b31-16-/t33-/m0/s1. The van der Waals surface area contributed by atoms with Crippen molar-refractivity contribution in [3.05, 3.63) is 122 Å². The van der Waals surface area contributed by atoms with Crippen molar-refractivity contribution in [2.75, 3.05) is 27.9 Å². The number of fused-ring (bicyclic) bond motifs is 2. The Bertz CT molecular complexity index is 2310. The second kappa shape index (κ2) is 14.8. The molecular formula is C37H32BrIN2O7S. The van der Waals surface area contributed by atoms with Gasteiger partial charge in [-0.25, -0.2) is 9.79 Å². The lowest BCUT2D eigenvalue weighted by Crippen LogP contribution is -2.40. The van der Waals surface area contributed by atoms with Gasteiger partial charge in [-0.15, -0.1) is 0 Å². The first-order valence-corrected chi connectivity index (χ1v) is 18.0. The molecule has 0 saturated carbocycles. The number of hydrogen-bond acceptors (Lipinski definition) is 9. The largest absolute Gasteiger partial charge is 0.493 e. The Morgan fingerprint density at radius 2 is 1.71 bits per heavy atom. The van der Waals surface area contributed by atoms with Gasteiger partial charge in [0.1, 0.15) is 6.61 Å². The third kappa shape index (κ3) is 6.73. The SMILES string of the molecule is CCOC(=O)C1=C(C)N=c2s/c(=C\c3cc(I)c(OCc4cccc5ccccc45)c(OC)c3)c(=O)n2[C@H]1c1cc(OC)c(OC)cc1Br. The number of carbonyl (C=O) groups is 1. The summed E-state index contributed by atoms with van der Waals surface area (Å²) in [5, 5.41) is 2.28. The average Bonchev–Trinajstić information content (AvgIpc) is 3.40. The van der Waals surface area contributed by atoms with E-state index in [1.54, 1.807) is 46.3 Å². The molecule has 1 aliphatic heterocycles. The molecule has 0 unspecified atom stereocenters. The van der Waals surface area contributed by atoms with E-state index in [1.807, 2.05) is 30.3 Å². The highest BCUT2D eigenvalue weighted by Crippen LogP contribution is 2.41. The summed E-state index contributed by atoms with van der Waals surface area (Å²) in [6.07, 6.45) is 1.80. The molecule has 0 saturated heterocycles. The minimum absolute atomic E-state index is 0.169. The minimum atomic E-state index is -0.842. The molecule has 9 nitrogen and oxygen atoms in total. The highest BCUT2D eigenvalue weighted by Gasteiger charge is 2.35. The Balaban J connectivity index is 1.43. The molecule has 49 heavy (non-hydrogen) atoms. The summed E-state index contributed by atoms with van der Waals surface area (Å²) in [5.41, 5.74) is 2.84. The predicted molar refractivity (Wildman–Crippen MR) is 202 cm³/mol. The van der Waals surface area contributed by atoms with Crippen LogP contribution in [0.1, 0.15) is 36.6 Å². The Hall–Kier alpha value is -4.14. The molecule has 0 N–H and O–H groups in total. The smallest absolute Gasteiger partial charge is 0.338 e. The fourth-order valence-electron chi connectivity index (χ4n) is 5.85. The average molecular weight is 856 g/mol. The lowest BCUT2D eigenvalue weighted by atomic mass is 9.95. The molecule has 0 amide bonds. The number of halogens is 2. The van der Waals surface area contributed by atoms with Gasteiger partial charge < -0.3 is 23.7 Å². The van der Waals surface area contributed by atoms with Gasteiger partial charge in [0.15, 0.2) is 27.8 Å². The van der Waals surface area contributed by atoms with Gasteiger partial charge in [0.05, 0.1) is 53.4 Å². The molecule has 5 aromatic rings. The Morgan fingerprint density at radius 1 is 1.00 bits per heavy atom. The highest BCUT2D eigenvalue weighted by molar-refractivity contribution is 14.1. The summed E-state index contributed by atoms with van der Waals surface area (Å²) >= 11 is 7.10. The topological polar surface area (TPSA) is 97.6 Å². The number of allylic oxidation sites excluding steroid dienone is 1. The molecule has 0 aliphatic carbocycles. The van der Waals surface area contributed by atoms with E-state index < -0.39 is 12.0 Å². The molecule has 12 heteroatoms. The van der Waals surface area contributed by atoms with Crippen LogP contribution in [0.5, 0.6) is 23.0 Å².